The van der Waals surface area contributed by atoms with Crippen molar-refractivity contribution < 1.29 is 23.9 Å². The van der Waals surface area contributed by atoms with Gasteiger partial charge in [0.2, 0.25) is 5.91 Å². The molecule has 0 N–H and O–H groups in total. The molecule has 0 saturated carbocycles. The second-order valence-corrected chi connectivity index (χ2v) is 12.2. The van der Waals surface area contributed by atoms with Crippen LogP contribution in [-0.2, 0) is 23.9 Å². The second kappa shape index (κ2) is 36.1. The summed E-state index contributed by atoms with van der Waals surface area (Å²) in [6, 6.07) is 0. The van der Waals surface area contributed by atoms with Gasteiger partial charge in [0.25, 0.3) is 0 Å². The highest BCUT2D eigenvalue weighted by Crippen LogP contribution is 2.15. The van der Waals surface area contributed by atoms with E-state index < -0.39 is 0 Å². The molecule has 6 heteroatoms. The molecule has 1 heterocycles. The number of ether oxygens (including phenoxy) is 2. The van der Waals surface area contributed by atoms with Crippen molar-refractivity contribution in [2.45, 2.75) is 181 Å². The van der Waals surface area contributed by atoms with Gasteiger partial charge in [-0.15, -0.1) is 0 Å². The van der Waals surface area contributed by atoms with Crippen LogP contribution in [0.25, 0.3) is 0 Å². The maximum Gasteiger partial charge on any atom is 0.333 e. The Morgan fingerprint density at radius 3 is 1.44 bits per heavy atom. The summed E-state index contributed by atoms with van der Waals surface area (Å²) < 4.78 is 9.57. The summed E-state index contributed by atoms with van der Waals surface area (Å²) in [6.45, 7) is 17.9. The van der Waals surface area contributed by atoms with Crippen molar-refractivity contribution in [1.29, 1.82) is 0 Å². The summed E-state index contributed by atoms with van der Waals surface area (Å²) in [5.41, 5.74) is 0.665. The summed E-state index contributed by atoms with van der Waals surface area (Å²) in [7, 11) is 0. The largest absolute Gasteiger partial charge is 0.462 e. The smallest absolute Gasteiger partial charge is 0.333 e. The lowest BCUT2D eigenvalue weighted by Gasteiger charge is -2.07. The molecule has 0 aliphatic carbocycles. The third-order valence-electron chi connectivity index (χ3n) is 7.93. The molecule has 0 aromatic rings. The van der Waals surface area contributed by atoms with Crippen molar-refractivity contribution in [2.24, 2.45) is 0 Å². The van der Waals surface area contributed by atoms with Crippen LogP contribution < -0.4 is 0 Å². The number of hydrogen-bond donors (Lipinski definition) is 0. The van der Waals surface area contributed by atoms with Gasteiger partial charge in [-0.25, -0.2) is 4.79 Å². The molecule has 45 heavy (non-hydrogen) atoms. The number of carbonyl (C=O) groups is 3. The van der Waals surface area contributed by atoms with E-state index in [2.05, 4.69) is 38.3 Å². The van der Waals surface area contributed by atoms with Gasteiger partial charge in [0.05, 0.1) is 12.9 Å². The van der Waals surface area contributed by atoms with E-state index in [9.17, 15) is 14.4 Å². The van der Waals surface area contributed by atoms with Crippen LogP contribution in [0, 0.1) is 0 Å². The van der Waals surface area contributed by atoms with Crippen LogP contribution >= 0.6 is 0 Å². The van der Waals surface area contributed by atoms with E-state index in [1.54, 1.807) is 11.1 Å². The topological polar surface area (TPSA) is 72.9 Å². The Morgan fingerprint density at radius 2 is 1.13 bits per heavy atom. The average molecular weight is 634 g/mol. The predicted octanol–water partition coefficient (Wildman–Crippen LogP) is 11.5. The summed E-state index contributed by atoms with van der Waals surface area (Å²) in [5.74, 6) is -0.288. The molecule has 6 nitrogen and oxygen atoms in total. The van der Waals surface area contributed by atoms with Gasteiger partial charge < -0.3 is 14.4 Å². The molecule has 0 unspecified atom stereocenters. The highest BCUT2D eigenvalue weighted by Gasteiger charge is 2.16. The van der Waals surface area contributed by atoms with Crippen molar-refractivity contribution in [3.05, 3.63) is 37.8 Å². The Labute approximate surface area is 278 Å². The molecule has 0 atom stereocenters. The summed E-state index contributed by atoms with van der Waals surface area (Å²) in [4.78, 5) is 34.1. The predicted molar refractivity (Wildman–Crippen MR) is 191 cm³/mol. The maximum absolute atomic E-state index is 12.0. The van der Waals surface area contributed by atoms with Gasteiger partial charge in [0, 0.05) is 25.5 Å². The first-order chi connectivity index (χ1) is 21.8. The third kappa shape index (κ3) is 34.3. The van der Waals surface area contributed by atoms with E-state index in [4.69, 9.17) is 4.74 Å². The van der Waals surface area contributed by atoms with Gasteiger partial charge in [-0.2, -0.15) is 0 Å². The van der Waals surface area contributed by atoms with Crippen molar-refractivity contribution >= 4 is 17.8 Å². The number of rotatable bonds is 27. The Morgan fingerprint density at radius 1 is 0.711 bits per heavy atom. The maximum atomic E-state index is 12.0. The molecule has 1 aliphatic heterocycles. The van der Waals surface area contributed by atoms with Crippen molar-refractivity contribution in [2.75, 3.05) is 13.2 Å². The van der Waals surface area contributed by atoms with Gasteiger partial charge in [-0.05, 0) is 31.9 Å². The molecular formula is C39H71NO5. The lowest BCUT2D eigenvalue weighted by atomic mass is 10.0. The molecule has 1 fully saturated rings. The average Bonchev–Trinajstić information content (AvgIpc) is 3.45. The highest BCUT2D eigenvalue weighted by atomic mass is 16.5. The molecule has 0 radical (unpaired) electrons. The van der Waals surface area contributed by atoms with Crippen LogP contribution in [0.15, 0.2) is 37.8 Å². The lowest BCUT2D eigenvalue weighted by Crippen LogP contribution is -2.16. The highest BCUT2D eigenvalue weighted by molar-refractivity contribution is 5.87. The number of carbonyl (C=O) groups excluding carboxylic acids is 3. The Hall–Kier alpha value is -2.37. The van der Waals surface area contributed by atoms with E-state index in [0.29, 0.717) is 18.6 Å². The SMILES string of the molecule is C=C(CCCCCCCCCCCC)C(=O)OCCCCCCCCCCCCCC.C=CN1CCCC1=O.C=COC(C)=O. The van der Waals surface area contributed by atoms with E-state index in [-0.39, 0.29) is 17.8 Å². The molecule has 1 saturated heterocycles. The van der Waals surface area contributed by atoms with Gasteiger partial charge in [-0.3, -0.25) is 9.59 Å². The Kier molecular flexibility index (Phi) is 35.9. The first kappa shape index (κ1) is 44.8. The quantitative estimate of drug-likeness (QED) is 0.0389. The molecule has 1 aliphatic rings. The first-order valence-electron chi connectivity index (χ1n) is 18.4. The molecule has 0 aromatic carbocycles. The van der Waals surface area contributed by atoms with Crippen LogP contribution in [0.4, 0.5) is 0 Å². The molecule has 0 aromatic heterocycles. The summed E-state index contributed by atoms with van der Waals surface area (Å²) in [6.07, 6.45) is 34.3. The van der Waals surface area contributed by atoms with Gasteiger partial charge in [0.15, 0.2) is 0 Å². The molecule has 1 rings (SSSR count). The molecular weight excluding hydrogens is 562 g/mol. The Balaban J connectivity index is 0. The van der Waals surface area contributed by atoms with E-state index >= 15 is 0 Å². The Bertz CT molecular complexity index is 748. The van der Waals surface area contributed by atoms with E-state index in [1.165, 1.54) is 135 Å². The van der Waals surface area contributed by atoms with Crippen LogP contribution in [-0.4, -0.2) is 35.9 Å². The number of hydrogen-bond acceptors (Lipinski definition) is 5. The zero-order chi connectivity index (χ0) is 33.8. The standard InChI is InChI=1S/C29H56O2.C6H9NO.C4H6O2/c1-4-6-8-10-12-14-16-17-19-21-23-25-27-31-29(30)28(3)26-24-22-20-18-15-13-11-9-7-5-2;1-2-7-5-3-4-6(7)8;1-3-6-4(2)5/h3-27H2,1-2H3;2H,1,3-5H2;3H,1H2,2H3. The fourth-order valence-corrected chi connectivity index (χ4v) is 5.12. The number of unbranched alkanes of at least 4 members (excludes halogenated alkanes) is 20. The number of nitrogens with zero attached hydrogens (tertiary/aromatic N) is 1. The van der Waals surface area contributed by atoms with Crippen LogP contribution in [0.5, 0.6) is 0 Å². The monoisotopic (exact) mass is 634 g/mol. The van der Waals surface area contributed by atoms with Crippen molar-refractivity contribution in [3.8, 4) is 0 Å². The zero-order valence-corrected chi connectivity index (χ0v) is 29.9. The minimum absolute atomic E-state index is 0.168. The van der Waals surface area contributed by atoms with Gasteiger partial charge in [0.1, 0.15) is 0 Å². The minimum atomic E-state index is -0.329. The lowest BCUT2D eigenvalue weighted by molar-refractivity contribution is -0.139. The van der Waals surface area contributed by atoms with E-state index in [0.717, 1.165) is 38.5 Å². The molecule has 0 bridgehead atoms. The first-order valence-corrected chi connectivity index (χ1v) is 18.4. The summed E-state index contributed by atoms with van der Waals surface area (Å²) in [5, 5.41) is 0. The van der Waals surface area contributed by atoms with Gasteiger partial charge >= 0.3 is 11.9 Å². The zero-order valence-electron chi connectivity index (χ0n) is 29.9. The number of likely N-dealkylation sites (tertiary alicyclic amines) is 1. The number of esters is 2. The third-order valence-corrected chi connectivity index (χ3v) is 7.93. The van der Waals surface area contributed by atoms with Gasteiger partial charge in [-0.1, -0.05) is 162 Å². The van der Waals surface area contributed by atoms with Crippen molar-refractivity contribution in [3.63, 3.8) is 0 Å². The fourth-order valence-electron chi connectivity index (χ4n) is 5.12. The van der Waals surface area contributed by atoms with Crippen molar-refractivity contribution in [1.82, 2.24) is 4.90 Å². The second-order valence-electron chi connectivity index (χ2n) is 12.2. The summed E-state index contributed by atoms with van der Waals surface area (Å²) >= 11 is 0. The van der Waals surface area contributed by atoms with Crippen LogP contribution in [0.3, 0.4) is 0 Å². The molecule has 262 valence electrons. The molecule has 1 amide bonds. The number of amides is 1. The normalized spacial score (nSPS) is 12.0. The fraction of sp³-hybridized carbons (Fsp3) is 0.769. The molecule has 0 spiro atoms. The van der Waals surface area contributed by atoms with Crippen LogP contribution in [0.1, 0.15) is 181 Å². The van der Waals surface area contributed by atoms with E-state index in [1.807, 2.05) is 0 Å². The van der Waals surface area contributed by atoms with Crippen LogP contribution in [0.2, 0.25) is 0 Å². The minimum Gasteiger partial charge on any atom is -0.462 e.